The highest BCUT2D eigenvalue weighted by Crippen LogP contribution is 2.31. The molecule has 1 N–H and O–H groups in total. The third-order valence-electron chi connectivity index (χ3n) is 4.79. The molecular formula is C16H23N5. The van der Waals surface area contributed by atoms with E-state index in [1.165, 1.54) is 37.8 Å². The van der Waals surface area contributed by atoms with Gasteiger partial charge in [-0.3, -0.25) is 0 Å². The molecule has 0 radical (unpaired) electrons. The molecule has 1 saturated heterocycles. The molecule has 1 aliphatic heterocycles. The highest BCUT2D eigenvalue weighted by Gasteiger charge is 2.20. The maximum Gasteiger partial charge on any atom is 0.157 e. The maximum absolute atomic E-state index is 4.80. The third kappa shape index (κ3) is 2.62. The van der Waals surface area contributed by atoms with Crippen LogP contribution in [0.4, 0.5) is 5.69 Å². The van der Waals surface area contributed by atoms with Crippen LogP contribution in [0.25, 0.3) is 5.65 Å². The van der Waals surface area contributed by atoms with Gasteiger partial charge < -0.3 is 10.2 Å². The highest BCUT2D eigenvalue weighted by atomic mass is 15.3. The number of fused-ring (bicyclic) bond motifs is 1. The second kappa shape index (κ2) is 5.64. The number of hydrogen-bond acceptors (Lipinski definition) is 4. The lowest BCUT2D eigenvalue weighted by Crippen LogP contribution is -2.43. The predicted molar refractivity (Wildman–Crippen MR) is 83.9 cm³/mol. The molecule has 2 aromatic heterocycles. The summed E-state index contributed by atoms with van der Waals surface area (Å²) in [5, 5.41) is 8.09. The van der Waals surface area contributed by atoms with E-state index in [4.69, 9.17) is 10.1 Å². The number of nitrogens with zero attached hydrogens (tertiary/aromatic N) is 4. The molecule has 0 spiro atoms. The lowest BCUT2D eigenvalue weighted by Gasteiger charge is -2.29. The van der Waals surface area contributed by atoms with E-state index in [1.807, 2.05) is 4.52 Å². The summed E-state index contributed by atoms with van der Waals surface area (Å²) < 4.78 is 1.94. The average molecular weight is 285 g/mol. The van der Waals surface area contributed by atoms with Crippen molar-refractivity contribution in [2.24, 2.45) is 0 Å². The third-order valence-corrected chi connectivity index (χ3v) is 4.79. The maximum atomic E-state index is 4.80. The van der Waals surface area contributed by atoms with Crippen LogP contribution in [0.15, 0.2) is 18.3 Å². The smallest absolute Gasteiger partial charge is 0.157 e. The molecule has 0 aromatic carbocycles. The second-order valence-corrected chi connectivity index (χ2v) is 6.23. The minimum atomic E-state index is 0.571. The SMILES string of the molecule is c1cn2nc(C3CCCCC3)nc2cc1N1CCNCC1. The molecule has 0 unspecified atom stereocenters. The first-order chi connectivity index (χ1) is 10.4. The molecule has 21 heavy (non-hydrogen) atoms. The van der Waals surface area contributed by atoms with E-state index in [1.54, 1.807) is 0 Å². The van der Waals surface area contributed by atoms with Gasteiger partial charge in [0.15, 0.2) is 11.5 Å². The zero-order chi connectivity index (χ0) is 14.1. The first-order valence-corrected chi connectivity index (χ1v) is 8.22. The van der Waals surface area contributed by atoms with Crippen LogP contribution in [0.1, 0.15) is 43.8 Å². The monoisotopic (exact) mass is 285 g/mol. The molecule has 2 aromatic rings. The van der Waals surface area contributed by atoms with Crippen LogP contribution in [0.5, 0.6) is 0 Å². The van der Waals surface area contributed by atoms with Crippen molar-refractivity contribution in [1.82, 2.24) is 19.9 Å². The van der Waals surface area contributed by atoms with Crippen molar-refractivity contribution >= 4 is 11.3 Å². The Hall–Kier alpha value is -1.62. The Morgan fingerprint density at radius 2 is 1.90 bits per heavy atom. The molecule has 0 bridgehead atoms. The fourth-order valence-corrected chi connectivity index (χ4v) is 3.54. The summed E-state index contributed by atoms with van der Waals surface area (Å²) >= 11 is 0. The molecule has 3 heterocycles. The van der Waals surface area contributed by atoms with Crippen LogP contribution in [0, 0.1) is 0 Å². The summed E-state index contributed by atoms with van der Waals surface area (Å²) in [6, 6.07) is 4.35. The van der Waals surface area contributed by atoms with Crippen molar-refractivity contribution in [2.45, 2.75) is 38.0 Å². The molecule has 1 saturated carbocycles. The molecule has 2 aliphatic rings. The first-order valence-electron chi connectivity index (χ1n) is 8.22. The van der Waals surface area contributed by atoms with E-state index in [-0.39, 0.29) is 0 Å². The summed E-state index contributed by atoms with van der Waals surface area (Å²) in [7, 11) is 0. The van der Waals surface area contributed by atoms with Crippen LogP contribution >= 0.6 is 0 Å². The van der Waals surface area contributed by atoms with Gasteiger partial charge in [0.25, 0.3) is 0 Å². The van der Waals surface area contributed by atoms with Crippen LogP contribution in [-0.2, 0) is 0 Å². The van der Waals surface area contributed by atoms with Gasteiger partial charge in [-0.05, 0) is 18.9 Å². The van der Waals surface area contributed by atoms with E-state index < -0.39 is 0 Å². The Labute approximate surface area is 125 Å². The van der Waals surface area contributed by atoms with E-state index in [0.717, 1.165) is 37.7 Å². The molecule has 2 fully saturated rings. The van der Waals surface area contributed by atoms with Gasteiger partial charge in [0.1, 0.15) is 0 Å². The summed E-state index contributed by atoms with van der Waals surface area (Å²) in [6.07, 6.45) is 8.59. The lowest BCUT2D eigenvalue weighted by atomic mass is 9.89. The van der Waals surface area contributed by atoms with Crippen LogP contribution < -0.4 is 10.2 Å². The predicted octanol–water partition coefficient (Wildman–Crippen LogP) is 2.19. The first kappa shape index (κ1) is 13.1. The van der Waals surface area contributed by atoms with Gasteiger partial charge in [-0.2, -0.15) is 5.10 Å². The fraction of sp³-hybridized carbons (Fsp3) is 0.625. The van der Waals surface area contributed by atoms with Gasteiger partial charge in [0, 0.05) is 50.0 Å². The Balaban J connectivity index is 1.61. The second-order valence-electron chi connectivity index (χ2n) is 6.23. The van der Waals surface area contributed by atoms with Crippen molar-refractivity contribution in [1.29, 1.82) is 0 Å². The van der Waals surface area contributed by atoms with E-state index in [2.05, 4.69) is 28.5 Å². The lowest BCUT2D eigenvalue weighted by molar-refractivity contribution is 0.429. The fourth-order valence-electron chi connectivity index (χ4n) is 3.54. The molecule has 112 valence electrons. The van der Waals surface area contributed by atoms with Gasteiger partial charge in [0.05, 0.1) is 0 Å². The van der Waals surface area contributed by atoms with Crippen LogP contribution in [-0.4, -0.2) is 40.8 Å². The zero-order valence-corrected chi connectivity index (χ0v) is 12.5. The molecule has 0 atom stereocenters. The topological polar surface area (TPSA) is 45.5 Å². The molecule has 0 amide bonds. The summed E-state index contributed by atoms with van der Waals surface area (Å²) in [4.78, 5) is 7.22. The number of pyridine rings is 1. The Bertz CT molecular complexity index is 592. The summed E-state index contributed by atoms with van der Waals surface area (Å²) in [6.45, 7) is 4.26. The Morgan fingerprint density at radius 3 is 2.71 bits per heavy atom. The Kier molecular flexibility index (Phi) is 3.51. The number of aromatic nitrogens is 3. The standard InChI is InChI=1S/C16H23N5/c1-2-4-13(5-3-1)16-18-15-12-14(6-9-21(15)19-16)20-10-7-17-8-11-20/h6,9,12-13,17H,1-5,7-8,10-11H2. The van der Waals surface area contributed by atoms with Crippen molar-refractivity contribution in [3.8, 4) is 0 Å². The number of hydrogen-bond donors (Lipinski definition) is 1. The highest BCUT2D eigenvalue weighted by molar-refractivity contribution is 5.56. The molecule has 5 heteroatoms. The molecular weight excluding hydrogens is 262 g/mol. The van der Waals surface area contributed by atoms with Crippen LogP contribution in [0.3, 0.4) is 0 Å². The number of rotatable bonds is 2. The summed E-state index contributed by atoms with van der Waals surface area (Å²) in [5.74, 6) is 1.62. The van der Waals surface area contributed by atoms with E-state index in [0.29, 0.717) is 5.92 Å². The van der Waals surface area contributed by atoms with Crippen molar-refractivity contribution < 1.29 is 0 Å². The van der Waals surface area contributed by atoms with Gasteiger partial charge in [-0.25, -0.2) is 9.50 Å². The Morgan fingerprint density at radius 1 is 1.10 bits per heavy atom. The zero-order valence-electron chi connectivity index (χ0n) is 12.5. The normalized spacial score (nSPS) is 21.0. The van der Waals surface area contributed by atoms with Crippen molar-refractivity contribution in [2.75, 3.05) is 31.1 Å². The quantitative estimate of drug-likeness (QED) is 0.918. The molecule has 1 aliphatic carbocycles. The van der Waals surface area contributed by atoms with Gasteiger partial charge in [-0.1, -0.05) is 19.3 Å². The molecule has 4 rings (SSSR count). The van der Waals surface area contributed by atoms with E-state index >= 15 is 0 Å². The number of piperazine rings is 1. The largest absolute Gasteiger partial charge is 0.369 e. The number of anilines is 1. The van der Waals surface area contributed by atoms with E-state index in [9.17, 15) is 0 Å². The van der Waals surface area contributed by atoms with Gasteiger partial charge in [0.2, 0.25) is 0 Å². The van der Waals surface area contributed by atoms with Crippen molar-refractivity contribution in [3.63, 3.8) is 0 Å². The number of nitrogens with one attached hydrogen (secondary N) is 1. The van der Waals surface area contributed by atoms with Crippen LogP contribution in [0.2, 0.25) is 0 Å². The average Bonchev–Trinajstić information content (AvgIpc) is 2.99. The van der Waals surface area contributed by atoms with Crippen molar-refractivity contribution in [3.05, 3.63) is 24.2 Å². The minimum Gasteiger partial charge on any atom is -0.369 e. The van der Waals surface area contributed by atoms with Gasteiger partial charge >= 0.3 is 0 Å². The summed E-state index contributed by atoms with van der Waals surface area (Å²) in [5.41, 5.74) is 2.26. The van der Waals surface area contributed by atoms with Gasteiger partial charge in [-0.15, -0.1) is 0 Å². The minimum absolute atomic E-state index is 0.571. The molecule has 5 nitrogen and oxygen atoms in total.